The van der Waals surface area contributed by atoms with Crippen molar-refractivity contribution in [2.45, 2.75) is 48.7 Å². The highest BCUT2D eigenvalue weighted by molar-refractivity contribution is 8.45. The molecule has 38 heavy (non-hydrogen) atoms. The first kappa shape index (κ1) is 30.8. The number of hydrogen-bond donors (Lipinski definition) is 0. The molecule has 0 bridgehead atoms. The summed E-state index contributed by atoms with van der Waals surface area (Å²) >= 11 is 13.6. The molecule has 0 aromatic heterocycles. The maximum atomic E-state index is 11.4. The molecule has 4 aliphatic rings. The summed E-state index contributed by atoms with van der Waals surface area (Å²) in [4.78, 5) is 45.7. The zero-order valence-electron chi connectivity index (χ0n) is 20.7. The SMILES string of the molecule is CC(=O)OC[C@@H]1SC2=C(SC(=C3SC4=C(S3)S[C@H](COC(C)=O)[C@@H](COC(C)=O)S4)S2)S[C@H]1COC(C)=O. The van der Waals surface area contributed by atoms with E-state index in [1.807, 2.05) is 0 Å². The molecule has 4 rings (SSSR count). The average Bonchev–Trinajstić information content (AvgIpc) is 3.45. The van der Waals surface area contributed by atoms with Gasteiger partial charge in [-0.25, -0.2) is 0 Å². The van der Waals surface area contributed by atoms with Gasteiger partial charge >= 0.3 is 23.9 Å². The van der Waals surface area contributed by atoms with Crippen molar-refractivity contribution in [2.24, 2.45) is 0 Å². The lowest BCUT2D eigenvalue weighted by Crippen LogP contribution is -2.32. The van der Waals surface area contributed by atoms with Crippen molar-refractivity contribution in [1.82, 2.24) is 0 Å². The van der Waals surface area contributed by atoms with Gasteiger partial charge in [0.2, 0.25) is 0 Å². The first-order chi connectivity index (χ1) is 18.1. The maximum Gasteiger partial charge on any atom is 0.302 e. The molecule has 0 unspecified atom stereocenters. The first-order valence-electron chi connectivity index (χ1n) is 11.2. The van der Waals surface area contributed by atoms with E-state index in [4.69, 9.17) is 18.9 Å². The number of carbonyl (C=O) groups is 4. The van der Waals surface area contributed by atoms with Crippen LogP contribution in [0.5, 0.6) is 0 Å². The van der Waals surface area contributed by atoms with Crippen molar-refractivity contribution in [3.63, 3.8) is 0 Å². The van der Waals surface area contributed by atoms with Crippen LogP contribution >= 0.6 is 94.1 Å². The van der Waals surface area contributed by atoms with Crippen molar-refractivity contribution >= 4 is 118 Å². The van der Waals surface area contributed by atoms with Crippen LogP contribution in [0.2, 0.25) is 0 Å². The van der Waals surface area contributed by atoms with Crippen LogP contribution in [0.3, 0.4) is 0 Å². The summed E-state index contributed by atoms with van der Waals surface area (Å²) in [6.07, 6.45) is 0. The molecule has 0 aliphatic carbocycles. The van der Waals surface area contributed by atoms with Gasteiger partial charge in [-0.05, 0) is 0 Å². The quantitative estimate of drug-likeness (QED) is 0.222. The maximum absolute atomic E-state index is 11.4. The summed E-state index contributed by atoms with van der Waals surface area (Å²) in [6, 6.07) is 0. The van der Waals surface area contributed by atoms with Crippen molar-refractivity contribution in [3.05, 3.63) is 25.4 Å². The zero-order chi connectivity index (χ0) is 27.4. The van der Waals surface area contributed by atoms with E-state index in [1.165, 1.54) is 53.1 Å². The van der Waals surface area contributed by atoms with Crippen LogP contribution in [-0.2, 0) is 38.1 Å². The van der Waals surface area contributed by atoms with Gasteiger partial charge in [0.25, 0.3) is 0 Å². The van der Waals surface area contributed by atoms with Gasteiger partial charge in [-0.3, -0.25) is 19.2 Å². The van der Waals surface area contributed by atoms with Crippen molar-refractivity contribution < 1.29 is 38.1 Å². The smallest absolute Gasteiger partial charge is 0.302 e. The molecule has 4 heterocycles. The molecule has 0 aromatic rings. The minimum Gasteiger partial charge on any atom is -0.465 e. The van der Waals surface area contributed by atoms with Gasteiger partial charge in [0.15, 0.2) is 0 Å². The lowest BCUT2D eigenvalue weighted by atomic mass is 10.3. The van der Waals surface area contributed by atoms with Crippen molar-refractivity contribution in [3.8, 4) is 0 Å². The van der Waals surface area contributed by atoms with Gasteiger partial charge in [0.05, 0.1) is 46.4 Å². The van der Waals surface area contributed by atoms with Crippen LogP contribution < -0.4 is 0 Å². The third-order valence-electron chi connectivity index (χ3n) is 4.91. The molecule has 208 valence electrons. The lowest BCUT2D eigenvalue weighted by molar-refractivity contribution is -0.143. The van der Waals surface area contributed by atoms with Crippen LogP contribution in [0.15, 0.2) is 25.4 Å². The highest BCUT2D eigenvalue weighted by Gasteiger charge is 2.42. The van der Waals surface area contributed by atoms with Crippen LogP contribution in [0.25, 0.3) is 0 Å². The molecule has 0 spiro atoms. The topological polar surface area (TPSA) is 105 Å². The van der Waals surface area contributed by atoms with Gasteiger partial charge in [-0.15, -0.1) is 47.0 Å². The second-order valence-electron chi connectivity index (χ2n) is 7.97. The minimum atomic E-state index is -0.331. The Morgan fingerprint density at radius 2 is 0.658 bits per heavy atom. The summed E-state index contributed by atoms with van der Waals surface area (Å²) in [5, 5.41) is -0.0932. The molecule has 8 nitrogen and oxygen atoms in total. The Morgan fingerprint density at radius 1 is 0.447 bits per heavy atom. The molecule has 16 heteroatoms. The fourth-order valence-corrected chi connectivity index (χ4v) is 16.5. The monoisotopic (exact) mass is 672 g/mol. The Kier molecular flexibility index (Phi) is 11.5. The number of rotatable bonds is 8. The van der Waals surface area contributed by atoms with E-state index >= 15 is 0 Å². The number of thioether (sulfide) groups is 8. The van der Waals surface area contributed by atoms with Gasteiger partial charge in [-0.1, -0.05) is 47.0 Å². The van der Waals surface area contributed by atoms with E-state index < -0.39 is 0 Å². The normalized spacial score (nSPS) is 26.6. The first-order valence-corrected chi connectivity index (χ1v) is 18.0. The summed E-state index contributed by atoms with van der Waals surface area (Å²) in [5.74, 6) is -1.32. The Bertz CT molecular complexity index is 939. The molecule has 0 aromatic carbocycles. The fourth-order valence-electron chi connectivity index (χ4n) is 3.22. The average molecular weight is 673 g/mol. The third kappa shape index (κ3) is 8.46. The van der Waals surface area contributed by atoms with Gasteiger partial charge in [-0.2, -0.15) is 0 Å². The molecule has 0 N–H and O–H groups in total. The second kappa shape index (κ2) is 14.2. The molecule has 0 saturated carbocycles. The Labute approximate surface area is 254 Å². The van der Waals surface area contributed by atoms with Crippen LogP contribution in [0.1, 0.15) is 27.7 Å². The minimum absolute atomic E-state index is 0.0233. The third-order valence-corrected chi connectivity index (χ3v) is 17.8. The van der Waals surface area contributed by atoms with E-state index in [-0.39, 0.29) is 71.3 Å². The Hall–Kier alpha value is -0.100. The van der Waals surface area contributed by atoms with Crippen LogP contribution in [0, 0.1) is 0 Å². The van der Waals surface area contributed by atoms with E-state index in [1.54, 1.807) is 94.1 Å². The van der Waals surface area contributed by atoms with E-state index in [0.29, 0.717) is 0 Å². The molecule has 0 saturated heterocycles. The molecule has 4 aliphatic heterocycles. The van der Waals surface area contributed by atoms with E-state index in [9.17, 15) is 19.2 Å². The highest BCUT2D eigenvalue weighted by atomic mass is 32.3. The summed E-state index contributed by atoms with van der Waals surface area (Å²) < 4.78 is 28.3. The molecule has 4 atom stereocenters. The molecule has 0 radical (unpaired) electrons. The van der Waals surface area contributed by atoms with Gasteiger partial charge < -0.3 is 18.9 Å². The standard InChI is InChI=1S/C22H24O8S8/c1-9(23)27-5-13-14(6-28-10(2)24)32-18-17(31-13)35-21(36-18)22-37-19-20(38-22)34-16(8-30-12(4)26)15(33-19)7-29-11(3)25/h13-16H,5-8H2,1-4H3/t13-,14-,15+,16+. The predicted octanol–water partition coefficient (Wildman–Crippen LogP) is 6.01. The number of carbonyl (C=O) groups excluding carboxylic acids is 4. The molecular formula is C22H24O8S8. The number of ether oxygens (including phenoxy) is 4. The number of esters is 4. The van der Waals surface area contributed by atoms with Crippen molar-refractivity contribution in [1.29, 1.82) is 0 Å². The van der Waals surface area contributed by atoms with E-state index in [0.717, 1.165) is 0 Å². The molecule has 0 fully saturated rings. The van der Waals surface area contributed by atoms with Crippen molar-refractivity contribution in [2.75, 3.05) is 26.4 Å². The largest absolute Gasteiger partial charge is 0.465 e. The lowest BCUT2D eigenvalue weighted by Gasteiger charge is -2.29. The molecular weight excluding hydrogens is 649 g/mol. The number of hydrogen-bond acceptors (Lipinski definition) is 16. The predicted molar refractivity (Wildman–Crippen MR) is 163 cm³/mol. The summed E-state index contributed by atoms with van der Waals surface area (Å²) in [7, 11) is 0. The Morgan fingerprint density at radius 3 is 0.842 bits per heavy atom. The zero-order valence-corrected chi connectivity index (χ0v) is 27.2. The summed E-state index contributed by atoms with van der Waals surface area (Å²) in [5.41, 5.74) is 0. The van der Waals surface area contributed by atoms with E-state index in [2.05, 4.69) is 0 Å². The second-order valence-corrected chi connectivity index (χ2v) is 18.6. The van der Waals surface area contributed by atoms with Crippen LogP contribution in [-0.4, -0.2) is 71.3 Å². The Balaban J connectivity index is 1.43. The fraction of sp³-hybridized carbons (Fsp3) is 0.545. The van der Waals surface area contributed by atoms with Gasteiger partial charge in [0, 0.05) is 27.7 Å². The summed E-state index contributed by atoms with van der Waals surface area (Å²) in [6.45, 7) is 6.59. The highest BCUT2D eigenvalue weighted by Crippen LogP contribution is 2.69. The van der Waals surface area contributed by atoms with Crippen LogP contribution in [0.4, 0.5) is 0 Å². The molecule has 0 amide bonds. The van der Waals surface area contributed by atoms with Gasteiger partial charge in [0.1, 0.15) is 26.4 Å².